The van der Waals surface area contributed by atoms with Gasteiger partial charge in [0, 0.05) is 35.3 Å². The molecule has 0 saturated heterocycles. The topological polar surface area (TPSA) is 36.1 Å². The molecule has 0 bridgehead atoms. The van der Waals surface area contributed by atoms with Crippen molar-refractivity contribution in [3.8, 4) is 0 Å². The van der Waals surface area contributed by atoms with Crippen molar-refractivity contribution in [1.82, 2.24) is 9.88 Å². The van der Waals surface area contributed by atoms with Crippen LogP contribution in [-0.4, -0.2) is 16.4 Å². The van der Waals surface area contributed by atoms with Crippen molar-refractivity contribution in [1.29, 1.82) is 0 Å². The highest BCUT2D eigenvalue weighted by Gasteiger charge is 2.11. The molecule has 0 saturated carbocycles. The van der Waals surface area contributed by atoms with Crippen LogP contribution in [0.1, 0.15) is 35.7 Å². The summed E-state index contributed by atoms with van der Waals surface area (Å²) in [6.07, 6.45) is 1.06. The first-order valence-electron chi connectivity index (χ1n) is 9.07. The van der Waals surface area contributed by atoms with Gasteiger partial charge in [0.15, 0.2) is 5.43 Å². The average molecular weight is 369 g/mol. The highest BCUT2D eigenvalue weighted by molar-refractivity contribution is 6.30. The molecule has 136 valence electrons. The number of aryl methyl sites for hydroxylation is 2. The van der Waals surface area contributed by atoms with Crippen LogP contribution >= 0.6 is 11.6 Å². The van der Waals surface area contributed by atoms with Crippen LogP contribution in [0.15, 0.2) is 47.3 Å². The predicted octanol–water partition coefficient (Wildman–Crippen LogP) is 5.21. The molecule has 0 aliphatic rings. The second-order valence-electron chi connectivity index (χ2n) is 6.95. The summed E-state index contributed by atoms with van der Waals surface area (Å²) >= 11 is 5.99. The van der Waals surface area contributed by atoms with E-state index in [9.17, 15) is 4.79 Å². The average Bonchev–Trinajstić information content (AvgIpc) is 2.60. The summed E-state index contributed by atoms with van der Waals surface area (Å²) in [5, 5.41) is 1.55. The molecule has 1 N–H and O–H groups in total. The van der Waals surface area contributed by atoms with Crippen molar-refractivity contribution >= 4 is 22.5 Å². The summed E-state index contributed by atoms with van der Waals surface area (Å²) < 4.78 is 0. The summed E-state index contributed by atoms with van der Waals surface area (Å²) in [4.78, 5) is 18.5. The van der Waals surface area contributed by atoms with Gasteiger partial charge in [-0.3, -0.25) is 9.69 Å². The Hall–Kier alpha value is -2.10. The molecular formula is C22H25ClN2O. The molecule has 26 heavy (non-hydrogen) atoms. The number of pyridine rings is 1. The monoisotopic (exact) mass is 368 g/mol. The Labute approximate surface area is 159 Å². The maximum Gasteiger partial charge on any atom is 0.189 e. The summed E-state index contributed by atoms with van der Waals surface area (Å²) in [5.41, 5.74) is 5.35. The molecule has 3 rings (SSSR count). The third-order valence-electron chi connectivity index (χ3n) is 4.71. The van der Waals surface area contributed by atoms with Crippen molar-refractivity contribution < 1.29 is 0 Å². The number of nitrogens with zero attached hydrogens (tertiary/aromatic N) is 1. The SMILES string of the molecule is CCCN(Cc1ccc(Cl)cc1)Cc1cc(=O)c2c(C)ccc(C)c2[nH]1. The number of nitrogens with one attached hydrogen (secondary N) is 1. The molecule has 1 heterocycles. The van der Waals surface area contributed by atoms with E-state index < -0.39 is 0 Å². The van der Waals surface area contributed by atoms with Crippen LogP contribution in [0.5, 0.6) is 0 Å². The van der Waals surface area contributed by atoms with E-state index in [0.29, 0.717) is 0 Å². The summed E-state index contributed by atoms with van der Waals surface area (Å²) in [6, 6.07) is 13.8. The van der Waals surface area contributed by atoms with Crippen molar-refractivity contribution in [2.24, 2.45) is 0 Å². The van der Waals surface area contributed by atoms with Gasteiger partial charge in [0.25, 0.3) is 0 Å². The van der Waals surface area contributed by atoms with Crippen molar-refractivity contribution in [2.45, 2.75) is 40.3 Å². The fourth-order valence-electron chi connectivity index (χ4n) is 3.42. The molecule has 3 aromatic rings. The molecule has 0 aliphatic heterocycles. The van der Waals surface area contributed by atoms with Crippen LogP contribution < -0.4 is 5.43 Å². The third-order valence-corrected chi connectivity index (χ3v) is 4.96. The van der Waals surface area contributed by atoms with E-state index in [-0.39, 0.29) is 5.43 Å². The number of fused-ring (bicyclic) bond motifs is 1. The van der Waals surface area contributed by atoms with E-state index in [1.807, 2.05) is 32.0 Å². The zero-order valence-electron chi connectivity index (χ0n) is 15.6. The molecule has 1 aromatic heterocycles. The van der Waals surface area contributed by atoms with Gasteiger partial charge in [0.05, 0.1) is 5.52 Å². The minimum Gasteiger partial charge on any atom is -0.357 e. The minimum absolute atomic E-state index is 0.0953. The molecule has 0 fully saturated rings. The van der Waals surface area contributed by atoms with E-state index >= 15 is 0 Å². The number of benzene rings is 2. The molecule has 0 aliphatic carbocycles. The third kappa shape index (κ3) is 4.17. The fraction of sp³-hybridized carbons (Fsp3) is 0.318. The Bertz CT molecular complexity index is 960. The van der Waals surface area contributed by atoms with Crippen LogP contribution in [-0.2, 0) is 13.1 Å². The first kappa shape index (κ1) is 18.7. The van der Waals surface area contributed by atoms with Gasteiger partial charge in [-0.25, -0.2) is 0 Å². The van der Waals surface area contributed by atoms with Gasteiger partial charge >= 0.3 is 0 Å². The maximum atomic E-state index is 12.7. The lowest BCUT2D eigenvalue weighted by Gasteiger charge is -2.22. The molecule has 0 unspecified atom stereocenters. The Balaban J connectivity index is 1.90. The Morgan fingerprint density at radius 1 is 1.00 bits per heavy atom. The molecule has 0 radical (unpaired) electrons. The number of aromatic nitrogens is 1. The lowest BCUT2D eigenvalue weighted by Crippen LogP contribution is -2.25. The lowest BCUT2D eigenvalue weighted by molar-refractivity contribution is 0.254. The number of aromatic amines is 1. The summed E-state index contributed by atoms with van der Waals surface area (Å²) in [5.74, 6) is 0. The molecule has 4 heteroatoms. The standard InChI is InChI=1S/C22H25ClN2O/c1-4-11-25(13-17-7-9-18(23)10-8-17)14-19-12-20(26)21-15(2)5-6-16(3)22(21)24-19/h5-10,12H,4,11,13-14H2,1-3H3,(H,24,26). The largest absolute Gasteiger partial charge is 0.357 e. The van der Waals surface area contributed by atoms with E-state index in [2.05, 4.69) is 35.0 Å². The smallest absolute Gasteiger partial charge is 0.189 e. The first-order chi connectivity index (χ1) is 12.5. The zero-order valence-corrected chi connectivity index (χ0v) is 16.4. The number of hydrogen-bond donors (Lipinski definition) is 1. The summed E-state index contributed by atoms with van der Waals surface area (Å²) in [7, 11) is 0. The van der Waals surface area contributed by atoms with Gasteiger partial charge in [0.2, 0.25) is 0 Å². The second kappa shape index (κ2) is 8.07. The lowest BCUT2D eigenvalue weighted by atomic mass is 10.0. The van der Waals surface area contributed by atoms with E-state index in [1.54, 1.807) is 6.07 Å². The maximum absolute atomic E-state index is 12.7. The van der Waals surface area contributed by atoms with E-state index in [1.165, 1.54) is 5.56 Å². The number of rotatable bonds is 6. The molecule has 2 aromatic carbocycles. The van der Waals surface area contributed by atoms with Crippen molar-refractivity contribution in [3.63, 3.8) is 0 Å². The Morgan fingerprint density at radius 3 is 2.38 bits per heavy atom. The minimum atomic E-state index is 0.0953. The Kier molecular flexibility index (Phi) is 5.80. The van der Waals surface area contributed by atoms with E-state index in [4.69, 9.17) is 11.6 Å². The predicted molar refractivity (Wildman–Crippen MR) is 110 cm³/mol. The molecule has 0 spiro atoms. The highest BCUT2D eigenvalue weighted by Crippen LogP contribution is 2.19. The highest BCUT2D eigenvalue weighted by atomic mass is 35.5. The van der Waals surface area contributed by atoms with Gasteiger partial charge in [-0.1, -0.05) is 42.8 Å². The van der Waals surface area contributed by atoms with Crippen molar-refractivity contribution in [2.75, 3.05) is 6.54 Å². The van der Waals surface area contributed by atoms with Crippen LogP contribution in [0.25, 0.3) is 10.9 Å². The Morgan fingerprint density at radius 2 is 1.69 bits per heavy atom. The summed E-state index contributed by atoms with van der Waals surface area (Å²) in [6.45, 7) is 8.72. The van der Waals surface area contributed by atoms with Gasteiger partial charge < -0.3 is 4.98 Å². The number of hydrogen-bond acceptors (Lipinski definition) is 2. The zero-order chi connectivity index (χ0) is 18.7. The number of halogens is 1. The van der Waals surface area contributed by atoms with Crippen LogP contribution in [0.2, 0.25) is 5.02 Å². The van der Waals surface area contributed by atoms with Crippen molar-refractivity contribution in [3.05, 3.63) is 80.1 Å². The first-order valence-corrected chi connectivity index (χ1v) is 9.44. The number of H-pyrrole nitrogens is 1. The van der Waals surface area contributed by atoms with Gasteiger partial charge in [-0.05, 0) is 55.6 Å². The molecular weight excluding hydrogens is 344 g/mol. The van der Waals surface area contributed by atoms with Crippen LogP contribution in [0.4, 0.5) is 0 Å². The quantitative estimate of drug-likeness (QED) is 0.648. The van der Waals surface area contributed by atoms with Gasteiger partial charge in [-0.2, -0.15) is 0 Å². The van der Waals surface area contributed by atoms with Gasteiger partial charge in [0.1, 0.15) is 0 Å². The van der Waals surface area contributed by atoms with Gasteiger partial charge in [-0.15, -0.1) is 0 Å². The molecule has 0 atom stereocenters. The van der Waals surface area contributed by atoms with Crippen LogP contribution in [0, 0.1) is 13.8 Å². The van der Waals surface area contributed by atoms with Crippen LogP contribution in [0.3, 0.4) is 0 Å². The second-order valence-corrected chi connectivity index (χ2v) is 7.38. The molecule has 0 amide bonds. The normalized spacial score (nSPS) is 11.4. The van der Waals surface area contributed by atoms with E-state index in [0.717, 1.165) is 58.8 Å². The fourth-order valence-corrected chi connectivity index (χ4v) is 3.55. The molecule has 3 nitrogen and oxygen atoms in total.